The summed E-state index contributed by atoms with van der Waals surface area (Å²) >= 11 is 5.60. The highest BCUT2D eigenvalue weighted by atomic mass is 35.5. The summed E-state index contributed by atoms with van der Waals surface area (Å²) in [5.74, 6) is -1.06. The number of carboxylic acids is 1. The molecule has 0 aliphatic heterocycles. The number of carbonyl (C=O) groups excluding carboxylic acids is 1. The monoisotopic (exact) mass is 297 g/mol. The molecule has 20 heavy (non-hydrogen) atoms. The van der Waals surface area contributed by atoms with Gasteiger partial charge in [0, 0.05) is 0 Å². The maximum Gasteiger partial charge on any atom is 0.329 e. The Morgan fingerprint density at radius 3 is 2.50 bits per heavy atom. The van der Waals surface area contributed by atoms with Gasteiger partial charge in [-0.3, -0.25) is 4.79 Å². The number of carbonyl (C=O) groups is 2. The Hall–Kier alpha value is -1.69. The molecule has 0 radical (unpaired) electrons. The van der Waals surface area contributed by atoms with Gasteiger partial charge in [-0.2, -0.15) is 0 Å². The molecule has 0 aromatic carbocycles. The van der Waals surface area contributed by atoms with E-state index < -0.39 is 17.4 Å². The predicted octanol–water partition coefficient (Wildman–Crippen LogP) is 1.89. The molecule has 1 aromatic rings. The van der Waals surface area contributed by atoms with Gasteiger partial charge in [-0.05, 0) is 43.7 Å². The van der Waals surface area contributed by atoms with Gasteiger partial charge in [0.25, 0.3) is 5.91 Å². The summed E-state index contributed by atoms with van der Waals surface area (Å²) in [5.41, 5.74) is -1.14. The van der Waals surface area contributed by atoms with Crippen LogP contribution in [0.1, 0.15) is 43.1 Å². The number of hydrogen-bond acceptors (Lipinski definition) is 4. The van der Waals surface area contributed by atoms with Crippen LogP contribution in [0.4, 0.5) is 0 Å². The zero-order chi connectivity index (χ0) is 14.8. The highest BCUT2D eigenvalue weighted by molar-refractivity contribution is 6.29. The predicted molar refractivity (Wildman–Crippen MR) is 72.5 cm³/mol. The molecule has 0 bridgehead atoms. The molecule has 0 spiro atoms. The van der Waals surface area contributed by atoms with E-state index in [9.17, 15) is 14.7 Å². The summed E-state index contributed by atoms with van der Waals surface area (Å²) in [6, 6.07) is 2.87. The second-order valence-electron chi connectivity index (χ2n) is 5.27. The number of nitrogens with one attached hydrogen (secondary N) is 1. The van der Waals surface area contributed by atoms with Crippen molar-refractivity contribution in [2.24, 2.45) is 5.92 Å². The maximum atomic E-state index is 12.1. The van der Waals surface area contributed by atoms with Gasteiger partial charge < -0.3 is 10.4 Å². The average Bonchev–Trinajstić information content (AvgIpc) is 2.42. The van der Waals surface area contributed by atoms with Crippen LogP contribution >= 0.6 is 11.6 Å². The molecule has 0 unspecified atom stereocenters. The van der Waals surface area contributed by atoms with E-state index in [1.54, 1.807) is 0 Å². The zero-order valence-electron chi connectivity index (χ0n) is 11.1. The molecule has 7 heteroatoms. The first-order valence-corrected chi connectivity index (χ1v) is 6.86. The van der Waals surface area contributed by atoms with Crippen molar-refractivity contribution < 1.29 is 14.7 Å². The first-order valence-electron chi connectivity index (χ1n) is 6.48. The van der Waals surface area contributed by atoms with Gasteiger partial charge in [-0.15, -0.1) is 10.2 Å². The quantitative estimate of drug-likeness (QED) is 0.889. The number of aromatic nitrogens is 2. The highest BCUT2D eigenvalue weighted by Gasteiger charge is 2.42. The van der Waals surface area contributed by atoms with E-state index >= 15 is 0 Å². The minimum absolute atomic E-state index is 0.0636. The summed E-state index contributed by atoms with van der Waals surface area (Å²) in [6.45, 7) is 2.08. The largest absolute Gasteiger partial charge is 0.480 e. The van der Waals surface area contributed by atoms with Gasteiger partial charge in [0.1, 0.15) is 5.54 Å². The molecule has 6 nitrogen and oxygen atoms in total. The Morgan fingerprint density at radius 2 is 2.00 bits per heavy atom. The lowest BCUT2D eigenvalue weighted by molar-refractivity contribution is -0.146. The van der Waals surface area contributed by atoms with Crippen molar-refractivity contribution in [2.75, 3.05) is 0 Å². The number of amides is 1. The van der Waals surface area contributed by atoms with Gasteiger partial charge in [0.15, 0.2) is 10.8 Å². The average molecular weight is 298 g/mol. The minimum atomic E-state index is -1.20. The van der Waals surface area contributed by atoms with Crippen molar-refractivity contribution in [3.8, 4) is 0 Å². The number of rotatable bonds is 3. The van der Waals surface area contributed by atoms with E-state index in [1.165, 1.54) is 12.1 Å². The molecule has 1 saturated carbocycles. The fourth-order valence-corrected chi connectivity index (χ4v) is 2.47. The second-order valence-corrected chi connectivity index (χ2v) is 5.65. The topological polar surface area (TPSA) is 92.2 Å². The molecular formula is C13H16ClN3O3. The Morgan fingerprint density at radius 1 is 1.35 bits per heavy atom. The summed E-state index contributed by atoms with van der Waals surface area (Å²) in [4.78, 5) is 23.6. The first kappa shape index (κ1) is 14.7. The van der Waals surface area contributed by atoms with Crippen molar-refractivity contribution in [3.63, 3.8) is 0 Å². The standard InChI is InChI=1S/C13H16ClN3O3/c1-8-4-6-13(7-5-8,12(19)20)15-11(18)9-2-3-10(14)17-16-9/h2-3,8H,4-7H2,1H3,(H,15,18)(H,19,20). The molecule has 1 amide bonds. The first-order chi connectivity index (χ1) is 9.43. The van der Waals surface area contributed by atoms with Gasteiger partial charge in [-0.25, -0.2) is 4.79 Å². The van der Waals surface area contributed by atoms with Crippen LogP contribution in [-0.4, -0.2) is 32.7 Å². The third-order valence-corrected chi connectivity index (χ3v) is 3.96. The van der Waals surface area contributed by atoms with E-state index in [4.69, 9.17) is 11.6 Å². The molecule has 1 fully saturated rings. The van der Waals surface area contributed by atoms with Crippen LogP contribution in [0.25, 0.3) is 0 Å². The summed E-state index contributed by atoms with van der Waals surface area (Å²) < 4.78 is 0. The molecule has 1 aromatic heterocycles. The van der Waals surface area contributed by atoms with Gasteiger partial charge >= 0.3 is 5.97 Å². The van der Waals surface area contributed by atoms with Crippen molar-refractivity contribution in [2.45, 2.75) is 38.1 Å². The molecule has 1 heterocycles. The SMILES string of the molecule is CC1CCC(NC(=O)c2ccc(Cl)nn2)(C(=O)O)CC1. The number of carboxylic acid groups (broad SMARTS) is 1. The normalized spacial score (nSPS) is 26.0. The minimum Gasteiger partial charge on any atom is -0.480 e. The molecule has 108 valence electrons. The van der Waals surface area contributed by atoms with Gasteiger partial charge in [0.2, 0.25) is 0 Å². The zero-order valence-corrected chi connectivity index (χ0v) is 11.9. The van der Waals surface area contributed by atoms with Crippen LogP contribution in [0.2, 0.25) is 5.15 Å². The molecule has 0 saturated heterocycles. The Bertz CT molecular complexity index is 510. The van der Waals surface area contributed by atoms with Gasteiger partial charge in [0.05, 0.1) is 0 Å². The summed E-state index contributed by atoms with van der Waals surface area (Å²) in [5, 5.41) is 19.5. The van der Waals surface area contributed by atoms with Crippen LogP contribution in [0.15, 0.2) is 12.1 Å². The third kappa shape index (κ3) is 3.07. The number of aliphatic carboxylic acids is 1. The molecule has 2 N–H and O–H groups in total. The van der Waals surface area contributed by atoms with E-state index in [0.717, 1.165) is 12.8 Å². The Labute approximate surface area is 121 Å². The van der Waals surface area contributed by atoms with Crippen molar-refractivity contribution >= 4 is 23.5 Å². The fourth-order valence-electron chi connectivity index (χ4n) is 2.37. The van der Waals surface area contributed by atoms with Crippen LogP contribution in [0.5, 0.6) is 0 Å². The van der Waals surface area contributed by atoms with E-state index in [1.807, 2.05) is 0 Å². The summed E-state index contributed by atoms with van der Waals surface area (Å²) in [6.07, 6.45) is 2.41. The molecule has 0 atom stereocenters. The van der Waals surface area contributed by atoms with Crippen LogP contribution in [-0.2, 0) is 4.79 Å². The lowest BCUT2D eigenvalue weighted by Crippen LogP contribution is -2.56. The molecule has 2 rings (SSSR count). The van der Waals surface area contributed by atoms with Crippen molar-refractivity contribution in [1.82, 2.24) is 15.5 Å². The lowest BCUT2D eigenvalue weighted by Gasteiger charge is -2.36. The van der Waals surface area contributed by atoms with Gasteiger partial charge in [-0.1, -0.05) is 18.5 Å². The van der Waals surface area contributed by atoms with Crippen LogP contribution in [0, 0.1) is 5.92 Å². The van der Waals surface area contributed by atoms with E-state index in [0.29, 0.717) is 18.8 Å². The van der Waals surface area contributed by atoms with E-state index in [-0.39, 0.29) is 10.8 Å². The summed E-state index contributed by atoms with van der Waals surface area (Å²) in [7, 11) is 0. The Balaban J connectivity index is 2.14. The van der Waals surface area contributed by atoms with Crippen LogP contribution in [0.3, 0.4) is 0 Å². The van der Waals surface area contributed by atoms with Crippen molar-refractivity contribution in [3.05, 3.63) is 23.0 Å². The van der Waals surface area contributed by atoms with Crippen LogP contribution < -0.4 is 5.32 Å². The third-order valence-electron chi connectivity index (χ3n) is 3.75. The smallest absolute Gasteiger partial charge is 0.329 e. The fraction of sp³-hybridized carbons (Fsp3) is 0.538. The maximum absolute atomic E-state index is 12.1. The number of hydrogen-bond donors (Lipinski definition) is 2. The molecular weight excluding hydrogens is 282 g/mol. The van der Waals surface area contributed by atoms with Crippen molar-refractivity contribution in [1.29, 1.82) is 0 Å². The second kappa shape index (κ2) is 5.75. The number of nitrogens with zero attached hydrogens (tertiary/aromatic N) is 2. The lowest BCUT2D eigenvalue weighted by atomic mass is 9.77. The molecule has 1 aliphatic carbocycles. The van der Waals surface area contributed by atoms with E-state index in [2.05, 4.69) is 22.4 Å². The number of halogens is 1. The highest BCUT2D eigenvalue weighted by Crippen LogP contribution is 2.32. The molecule has 1 aliphatic rings. The Kier molecular flexibility index (Phi) is 4.23.